The number of methoxy groups -OCH3 is 1. The summed E-state index contributed by atoms with van der Waals surface area (Å²) in [4.78, 5) is 4.49. The molecule has 32 heavy (non-hydrogen) atoms. The van der Waals surface area contributed by atoms with E-state index < -0.39 is 6.10 Å². The summed E-state index contributed by atoms with van der Waals surface area (Å²) in [5, 5.41) is 16.9. The predicted molar refractivity (Wildman–Crippen MR) is 136 cm³/mol. The Bertz CT molecular complexity index is 875. The van der Waals surface area contributed by atoms with Gasteiger partial charge in [-0.15, -0.1) is 24.0 Å². The van der Waals surface area contributed by atoms with Crippen LogP contribution in [0.3, 0.4) is 0 Å². The van der Waals surface area contributed by atoms with Crippen LogP contribution in [0.15, 0.2) is 47.5 Å². The zero-order valence-electron chi connectivity index (χ0n) is 18.8. The minimum Gasteiger partial charge on any atom is -0.497 e. The molecule has 2 aromatic rings. The molecular weight excluding hydrogens is 524 g/mol. The van der Waals surface area contributed by atoms with Crippen molar-refractivity contribution >= 4 is 29.9 Å². The zero-order chi connectivity index (χ0) is 22.2. The number of hydrogen-bond acceptors (Lipinski definition) is 4. The molecule has 2 atom stereocenters. The molecule has 0 radical (unpaired) electrons. The van der Waals surface area contributed by atoms with E-state index in [-0.39, 0.29) is 42.4 Å². The maximum Gasteiger partial charge on any atom is 0.191 e. The van der Waals surface area contributed by atoms with Gasteiger partial charge in [0.25, 0.3) is 0 Å². The Morgan fingerprint density at radius 2 is 1.88 bits per heavy atom. The minimum absolute atomic E-state index is 0. The SMILES string of the molecule is CCNC(=NCC(O)c1ccc(OC)cc1)NC(C)c1ccc(OCC2CC2)c(F)c1.I. The fourth-order valence-electron chi connectivity index (χ4n) is 3.11. The highest BCUT2D eigenvalue weighted by Gasteiger charge is 2.22. The molecule has 0 spiro atoms. The number of rotatable bonds is 10. The Morgan fingerprint density at radius 1 is 1.19 bits per heavy atom. The summed E-state index contributed by atoms with van der Waals surface area (Å²) < 4.78 is 25.1. The maximum atomic E-state index is 14.4. The van der Waals surface area contributed by atoms with E-state index in [1.54, 1.807) is 25.3 Å². The Morgan fingerprint density at radius 3 is 2.47 bits per heavy atom. The number of guanidine groups is 1. The van der Waals surface area contributed by atoms with E-state index in [2.05, 4.69) is 15.6 Å². The van der Waals surface area contributed by atoms with Crippen molar-refractivity contribution in [1.82, 2.24) is 10.6 Å². The first-order valence-electron chi connectivity index (χ1n) is 10.8. The van der Waals surface area contributed by atoms with E-state index in [1.807, 2.05) is 32.0 Å². The molecule has 0 aliphatic heterocycles. The molecule has 0 aromatic heterocycles. The number of ether oxygens (including phenoxy) is 2. The topological polar surface area (TPSA) is 75.1 Å². The van der Waals surface area contributed by atoms with Crippen LogP contribution in [0.4, 0.5) is 4.39 Å². The minimum atomic E-state index is -0.739. The highest BCUT2D eigenvalue weighted by molar-refractivity contribution is 14.0. The van der Waals surface area contributed by atoms with Crippen molar-refractivity contribution in [3.8, 4) is 11.5 Å². The van der Waals surface area contributed by atoms with Gasteiger partial charge in [0.05, 0.1) is 32.4 Å². The normalized spacial score (nSPS) is 15.3. The van der Waals surface area contributed by atoms with Crippen LogP contribution >= 0.6 is 24.0 Å². The first-order valence-corrected chi connectivity index (χ1v) is 10.8. The Balaban J connectivity index is 0.00000363. The van der Waals surface area contributed by atoms with Crippen molar-refractivity contribution in [2.24, 2.45) is 10.9 Å². The number of aliphatic hydroxyl groups excluding tert-OH is 1. The van der Waals surface area contributed by atoms with Gasteiger partial charge in [-0.1, -0.05) is 18.2 Å². The second-order valence-corrected chi connectivity index (χ2v) is 7.82. The van der Waals surface area contributed by atoms with E-state index in [9.17, 15) is 9.50 Å². The van der Waals surface area contributed by atoms with Crippen LogP contribution < -0.4 is 20.1 Å². The molecule has 3 N–H and O–H groups in total. The molecule has 1 fully saturated rings. The van der Waals surface area contributed by atoms with Crippen LogP contribution in [0.5, 0.6) is 11.5 Å². The number of nitrogens with one attached hydrogen (secondary N) is 2. The van der Waals surface area contributed by atoms with Crippen molar-refractivity contribution in [2.45, 2.75) is 38.8 Å². The van der Waals surface area contributed by atoms with E-state index >= 15 is 0 Å². The lowest BCUT2D eigenvalue weighted by molar-refractivity contribution is 0.187. The van der Waals surface area contributed by atoms with Gasteiger partial charge in [-0.2, -0.15) is 0 Å². The smallest absolute Gasteiger partial charge is 0.191 e. The van der Waals surface area contributed by atoms with Crippen LogP contribution in [0.1, 0.15) is 50.0 Å². The molecule has 1 aliphatic carbocycles. The van der Waals surface area contributed by atoms with E-state index in [0.717, 1.165) is 16.9 Å². The van der Waals surface area contributed by atoms with Crippen LogP contribution in [0, 0.1) is 11.7 Å². The number of aliphatic hydroxyl groups is 1. The first-order chi connectivity index (χ1) is 15.0. The molecule has 2 aromatic carbocycles. The predicted octanol–water partition coefficient (Wildman–Crippen LogP) is 4.59. The summed E-state index contributed by atoms with van der Waals surface area (Å²) in [7, 11) is 1.60. The number of benzene rings is 2. The van der Waals surface area contributed by atoms with Crippen LogP contribution in [-0.2, 0) is 0 Å². The van der Waals surface area contributed by atoms with Crippen LogP contribution in [-0.4, -0.2) is 37.9 Å². The van der Waals surface area contributed by atoms with Gasteiger partial charge in [0, 0.05) is 6.54 Å². The summed E-state index contributed by atoms with van der Waals surface area (Å²) in [6, 6.07) is 12.1. The van der Waals surface area contributed by atoms with E-state index in [4.69, 9.17) is 9.47 Å². The van der Waals surface area contributed by atoms with Gasteiger partial charge in [0.1, 0.15) is 5.75 Å². The van der Waals surface area contributed by atoms with Gasteiger partial charge in [0.15, 0.2) is 17.5 Å². The fourth-order valence-corrected chi connectivity index (χ4v) is 3.11. The molecule has 0 bridgehead atoms. The van der Waals surface area contributed by atoms with Crippen molar-refractivity contribution in [3.63, 3.8) is 0 Å². The summed E-state index contributed by atoms with van der Waals surface area (Å²) in [5.74, 6) is 1.80. The van der Waals surface area contributed by atoms with Gasteiger partial charge >= 0.3 is 0 Å². The molecule has 0 amide bonds. The number of nitrogens with zero attached hydrogens (tertiary/aromatic N) is 1. The number of aliphatic imine (C=N–C) groups is 1. The third-order valence-corrected chi connectivity index (χ3v) is 5.25. The van der Waals surface area contributed by atoms with Gasteiger partial charge in [-0.25, -0.2) is 4.39 Å². The fraction of sp³-hybridized carbons (Fsp3) is 0.458. The van der Waals surface area contributed by atoms with Crippen molar-refractivity contribution in [3.05, 3.63) is 59.4 Å². The van der Waals surface area contributed by atoms with Gasteiger partial charge < -0.3 is 25.2 Å². The Labute approximate surface area is 206 Å². The highest BCUT2D eigenvalue weighted by atomic mass is 127. The average Bonchev–Trinajstić information content (AvgIpc) is 3.61. The molecule has 1 aliphatic rings. The second kappa shape index (κ2) is 12.8. The summed E-state index contributed by atoms with van der Waals surface area (Å²) in [6.07, 6.45) is 1.60. The Kier molecular flexibility index (Phi) is 10.5. The summed E-state index contributed by atoms with van der Waals surface area (Å²) >= 11 is 0. The second-order valence-electron chi connectivity index (χ2n) is 7.82. The third kappa shape index (κ3) is 7.81. The van der Waals surface area contributed by atoms with E-state index in [1.165, 1.54) is 18.9 Å². The van der Waals surface area contributed by atoms with Crippen LogP contribution in [0.25, 0.3) is 0 Å². The molecule has 0 heterocycles. The zero-order valence-corrected chi connectivity index (χ0v) is 21.1. The molecular formula is C24H33FIN3O3. The van der Waals surface area contributed by atoms with Crippen LogP contribution in [0.2, 0.25) is 0 Å². The highest BCUT2D eigenvalue weighted by Crippen LogP contribution is 2.30. The monoisotopic (exact) mass is 557 g/mol. The molecule has 3 rings (SSSR count). The standard InChI is InChI=1S/C24H32FN3O3.HI/c1-4-26-24(27-14-22(29)18-7-10-20(30-3)11-8-18)28-16(2)19-9-12-23(21(25)13-19)31-15-17-5-6-17;/h7-13,16-17,22,29H,4-6,14-15H2,1-3H3,(H2,26,27,28);1H. The molecule has 8 heteroatoms. The molecule has 6 nitrogen and oxygen atoms in total. The van der Waals surface area contributed by atoms with Crippen molar-refractivity contribution in [1.29, 1.82) is 0 Å². The average molecular weight is 557 g/mol. The number of halogens is 2. The lowest BCUT2D eigenvalue weighted by Crippen LogP contribution is -2.39. The van der Waals surface area contributed by atoms with Gasteiger partial charge in [-0.05, 0) is 68.0 Å². The number of hydrogen-bond donors (Lipinski definition) is 3. The lowest BCUT2D eigenvalue weighted by atomic mass is 10.1. The molecule has 176 valence electrons. The largest absolute Gasteiger partial charge is 0.497 e. The quantitative estimate of drug-likeness (QED) is 0.227. The van der Waals surface area contributed by atoms with Gasteiger partial charge in [-0.3, -0.25) is 4.99 Å². The van der Waals surface area contributed by atoms with Crippen molar-refractivity contribution in [2.75, 3.05) is 26.8 Å². The maximum absolute atomic E-state index is 14.4. The van der Waals surface area contributed by atoms with Crippen molar-refractivity contribution < 1.29 is 19.0 Å². The van der Waals surface area contributed by atoms with Gasteiger partial charge in [0.2, 0.25) is 0 Å². The molecule has 2 unspecified atom stereocenters. The summed E-state index contributed by atoms with van der Waals surface area (Å²) in [6.45, 7) is 5.34. The molecule has 0 saturated heterocycles. The molecule has 1 saturated carbocycles. The first kappa shape index (κ1) is 26.2. The lowest BCUT2D eigenvalue weighted by Gasteiger charge is -2.19. The summed E-state index contributed by atoms with van der Waals surface area (Å²) in [5.41, 5.74) is 1.55. The van der Waals surface area contributed by atoms with E-state index in [0.29, 0.717) is 30.8 Å². The Hall–Kier alpha value is -2.07. The third-order valence-electron chi connectivity index (χ3n) is 5.25.